The molecule has 1 aliphatic carbocycles. The highest BCUT2D eigenvalue weighted by Gasteiger charge is 2.40. The van der Waals surface area contributed by atoms with E-state index in [-0.39, 0.29) is 5.41 Å². The number of aliphatic hydroxyl groups is 1. The third-order valence-electron chi connectivity index (χ3n) is 3.32. The number of aliphatic hydroxyl groups excluding tert-OH is 1. The first-order valence-electron chi connectivity index (χ1n) is 5.44. The number of methoxy groups -OCH3 is 2. The standard InChI is InChI=1S/C13H18O3/c1-13(2)7-8(14)11-9(15-3)5-6-10(16-4)12(11)13/h5-6,8,14H,7H2,1-4H3/t8-/m1/s1. The zero-order chi connectivity index (χ0) is 11.9. The summed E-state index contributed by atoms with van der Waals surface area (Å²) in [5.74, 6) is 1.58. The van der Waals surface area contributed by atoms with Crippen LogP contribution in [0, 0.1) is 0 Å². The van der Waals surface area contributed by atoms with E-state index in [9.17, 15) is 5.11 Å². The third kappa shape index (κ3) is 1.47. The highest BCUT2D eigenvalue weighted by molar-refractivity contribution is 5.56. The molecule has 0 bridgehead atoms. The van der Waals surface area contributed by atoms with Gasteiger partial charge >= 0.3 is 0 Å². The Kier molecular flexibility index (Phi) is 2.58. The van der Waals surface area contributed by atoms with Gasteiger partial charge in [0.25, 0.3) is 0 Å². The second-order valence-electron chi connectivity index (χ2n) is 4.86. The predicted octanol–water partition coefficient (Wildman–Crippen LogP) is 2.42. The molecule has 1 aromatic carbocycles. The normalized spacial score (nSPS) is 21.7. The van der Waals surface area contributed by atoms with Crippen LogP contribution in [0.5, 0.6) is 11.5 Å². The Hall–Kier alpha value is -1.22. The summed E-state index contributed by atoms with van der Waals surface area (Å²) in [5, 5.41) is 10.1. The molecule has 3 nitrogen and oxygen atoms in total. The summed E-state index contributed by atoms with van der Waals surface area (Å²) in [5.41, 5.74) is 1.88. The molecular formula is C13H18O3. The molecule has 1 N–H and O–H groups in total. The van der Waals surface area contributed by atoms with Crippen LogP contribution in [0.4, 0.5) is 0 Å². The number of hydrogen-bond donors (Lipinski definition) is 1. The molecule has 2 rings (SSSR count). The molecular weight excluding hydrogens is 204 g/mol. The molecule has 0 unspecified atom stereocenters. The third-order valence-corrected chi connectivity index (χ3v) is 3.32. The fourth-order valence-corrected chi connectivity index (χ4v) is 2.64. The molecule has 0 spiro atoms. The van der Waals surface area contributed by atoms with Crippen molar-refractivity contribution in [3.05, 3.63) is 23.3 Å². The summed E-state index contributed by atoms with van der Waals surface area (Å²) in [6, 6.07) is 3.75. The summed E-state index contributed by atoms with van der Waals surface area (Å²) in [4.78, 5) is 0. The molecule has 1 aliphatic rings. The zero-order valence-corrected chi connectivity index (χ0v) is 10.2. The first-order valence-corrected chi connectivity index (χ1v) is 5.44. The molecule has 0 aromatic heterocycles. The van der Waals surface area contributed by atoms with E-state index in [2.05, 4.69) is 13.8 Å². The molecule has 0 aliphatic heterocycles. The highest BCUT2D eigenvalue weighted by Crippen LogP contribution is 2.51. The van der Waals surface area contributed by atoms with Crippen LogP contribution in [0.1, 0.15) is 37.5 Å². The maximum absolute atomic E-state index is 10.1. The van der Waals surface area contributed by atoms with Gasteiger partial charge in [-0.05, 0) is 24.0 Å². The van der Waals surface area contributed by atoms with Gasteiger partial charge < -0.3 is 14.6 Å². The Labute approximate surface area is 96.0 Å². The minimum absolute atomic E-state index is 0.0748. The molecule has 0 saturated heterocycles. The summed E-state index contributed by atoms with van der Waals surface area (Å²) < 4.78 is 10.7. The van der Waals surface area contributed by atoms with Gasteiger partial charge in [-0.25, -0.2) is 0 Å². The van der Waals surface area contributed by atoms with Gasteiger partial charge in [0.05, 0.1) is 20.3 Å². The average Bonchev–Trinajstić information content (AvgIpc) is 2.49. The van der Waals surface area contributed by atoms with Gasteiger partial charge in [-0.15, -0.1) is 0 Å². The van der Waals surface area contributed by atoms with Crippen LogP contribution in [-0.2, 0) is 5.41 Å². The van der Waals surface area contributed by atoms with Crippen LogP contribution in [-0.4, -0.2) is 19.3 Å². The lowest BCUT2D eigenvalue weighted by Gasteiger charge is -2.21. The van der Waals surface area contributed by atoms with Crippen molar-refractivity contribution < 1.29 is 14.6 Å². The van der Waals surface area contributed by atoms with Gasteiger partial charge in [-0.3, -0.25) is 0 Å². The number of hydrogen-bond acceptors (Lipinski definition) is 3. The lowest BCUT2D eigenvalue weighted by Crippen LogP contribution is -2.13. The minimum Gasteiger partial charge on any atom is -0.496 e. The molecule has 0 fully saturated rings. The molecule has 0 radical (unpaired) electrons. The van der Waals surface area contributed by atoms with E-state index in [1.807, 2.05) is 12.1 Å². The largest absolute Gasteiger partial charge is 0.496 e. The molecule has 88 valence electrons. The van der Waals surface area contributed by atoms with Crippen LogP contribution in [0.3, 0.4) is 0 Å². The Morgan fingerprint density at radius 2 is 1.75 bits per heavy atom. The smallest absolute Gasteiger partial charge is 0.125 e. The van der Waals surface area contributed by atoms with E-state index in [4.69, 9.17) is 9.47 Å². The van der Waals surface area contributed by atoms with Crippen LogP contribution in [0.2, 0.25) is 0 Å². The van der Waals surface area contributed by atoms with Crippen LogP contribution in [0.25, 0.3) is 0 Å². The first kappa shape index (κ1) is 11.3. The van der Waals surface area contributed by atoms with Crippen molar-refractivity contribution in [3.63, 3.8) is 0 Å². The van der Waals surface area contributed by atoms with E-state index in [0.717, 1.165) is 22.6 Å². The Balaban J connectivity index is 2.69. The van der Waals surface area contributed by atoms with Crippen molar-refractivity contribution in [1.82, 2.24) is 0 Å². The molecule has 0 heterocycles. The van der Waals surface area contributed by atoms with Crippen molar-refractivity contribution in [1.29, 1.82) is 0 Å². The van der Waals surface area contributed by atoms with Gasteiger partial charge in [0.2, 0.25) is 0 Å². The van der Waals surface area contributed by atoms with Crippen molar-refractivity contribution in [2.75, 3.05) is 14.2 Å². The second-order valence-corrected chi connectivity index (χ2v) is 4.86. The maximum Gasteiger partial charge on any atom is 0.125 e. The molecule has 1 atom stereocenters. The summed E-state index contributed by atoms with van der Waals surface area (Å²) in [6.45, 7) is 4.23. The van der Waals surface area contributed by atoms with Crippen molar-refractivity contribution in [2.45, 2.75) is 31.8 Å². The molecule has 3 heteroatoms. The van der Waals surface area contributed by atoms with E-state index in [0.29, 0.717) is 6.42 Å². The predicted molar refractivity (Wildman–Crippen MR) is 62.1 cm³/mol. The second kappa shape index (κ2) is 3.67. The quantitative estimate of drug-likeness (QED) is 0.835. The van der Waals surface area contributed by atoms with Crippen molar-refractivity contribution in [2.24, 2.45) is 0 Å². The Morgan fingerprint density at radius 3 is 2.31 bits per heavy atom. The van der Waals surface area contributed by atoms with Gasteiger partial charge in [-0.2, -0.15) is 0 Å². The Bertz CT molecular complexity index is 410. The van der Waals surface area contributed by atoms with E-state index in [1.54, 1.807) is 14.2 Å². The van der Waals surface area contributed by atoms with E-state index in [1.165, 1.54) is 0 Å². The zero-order valence-electron chi connectivity index (χ0n) is 10.2. The van der Waals surface area contributed by atoms with Gasteiger partial charge in [0.15, 0.2) is 0 Å². The van der Waals surface area contributed by atoms with Crippen molar-refractivity contribution in [3.8, 4) is 11.5 Å². The summed E-state index contributed by atoms with van der Waals surface area (Å²) in [6.07, 6.45) is 0.244. The topological polar surface area (TPSA) is 38.7 Å². The molecule has 0 saturated carbocycles. The number of fused-ring (bicyclic) bond motifs is 1. The lowest BCUT2D eigenvalue weighted by molar-refractivity contribution is 0.158. The molecule has 16 heavy (non-hydrogen) atoms. The number of benzene rings is 1. The summed E-state index contributed by atoms with van der Waals surface area (Å²) >= 11 is 0. The lowest BCUT2D eigenvalue weighted by atomic mass is 9.86. The van der Waals surface area contributed by atoms with Crippen LogP contribution >= 0.6 is 0 Å². The van der Waals surface area contributed by atoms with Crippen LogP contribution in [0.15, 0.2) is 12.1 Å². The highest BCUT2D eigenvalue weighted by atomic mass is 16.5. The number of rotatable bonds is 2. The fraction of sp³-hybridized carbons (Fsp3) is 0.538. The maximum atomic E-state index is 10.1. The van der Waals surface area contributed by atoms with E-state index >= 15 is 0 Å². The van der Waals surface area contributed by atoms with Crippen molar-refractivity contribution >= 4 is 0 Å². The first-order chi connectivity index (χ1) is 7.51. The van der Waals surface area contributed by atoms with Crippen LogP contribution < -0.4 is 9.47 Å². The van der Waals surface area contributed by atoms with Gasteiger partial charge in [-0.1, -0.05) is 13.8 Å². The van der Waals surface area contributed by atoms with E-state index < -0.39 is 6.10 Å². The average molecular weight is 222 g/mol. The fourth-order valence-electron chi connectivity index (χ4n) is 2.64. The summed E-state index contributed by atoms with van der Waals surface area (Å²) in [7, 11) is 3.28. The number of ether oxygens (including phenoxy) is 2. The monoisotopic (exact) mass is 222 g/mol. The molecule has 1 aromatic rings. The van der Waals surface area contributed by atoms with Gasteiger partial charge in [0, 0.05) is 11.1 Å². The minimum atomic E-state index is -0.463. The van der Waals surface area contributed by atoms with Gasteiger partial charge in [0.1, 0.15) is 11.5 Å². The molecule has 0 amide bonds. The SMILES string of the molecule is COc1ccc(OC)c2c1[C@H](O)CC2(C)C. The Morgan fingerprint density at radius 1 is 1.19 bits per heavy atom.